The highest BCUT2D eigenvalue weighted by Crippen LogP contribution is 2.21. The smallest absolute Gasteiger partial charge is 0.164 e. The predicted octanol–water partition coefficient (Wildman–Crippen LogP) is 0.630. The molecule has 15 heavy (non-hydrogen) atoms. The number of Topliss-reactive ketones (excluding diaryl/α,β-unsaturated/α-hetero) is 1. The van der Waals surface area contributed by atoms with Gasteiger partial charge in [0, 0.05) is 0 Å². The first kappa shape index (κ1) is 14.6. The van der Waals surface area contributed by atoms with Gasteiger partial charge in [-0.15, -0.1) is 0 Å². The van der Waals surface area contributed by atoms with Crippen molar-refractivity contribution in [1.82, 2.24) is 0 Å². The molecule has 0 saturated heterocycles. The molecule has 0 rings (SSSR count). The number of ketones is 1. The standard InChI is InChI=1S/C11H22O4/c1-3-4-5-6-7-11(15,9(2)13)10(14)8-12/h10,12,14-15H,3-8H2,1-2H3. The average molecular weight is 218 g/mol. The minimum atomic E-state index is -1.78. The van der Waals surface area contributed by atoms with Gasteiger partial charge in [-0.3, -0.25) is 4.79 Å². The van der Waals surface area contributed by atoms with E-state index in [1.165, 1.54) is 6.92 Å². The molecule has 2 unspecified atom stereocenters. The molecule has 0 aliphatic rings. The number of carbonyl (C=O) groups is 1. The molecule has 0 spiro atoms. The molecule has 0 bridgehead atoms. The molecule has 2 atom stereocenters. The van der Waals surface area contributed by atoms with Crippen LogP contribution in [0, 0.1) is 0 Å². The van der Waals surface area contributed by atoms with Crippen LogP contribution in [0.3, 0.4) is 0 Å². The molecule has 0 fully saturated rings. The summed E-state index contributed by atoms with van der Waals surface area (Å²) in [6.07, 6.45) is 2.55. The van der Waals surface area contributed by atoms with Gasteiger partial charge in [-0.25, -0.2) is 0 Å². The van der Waals surface area contributed by atoms with Gasteiger partial charge < -0.3 is 15.3 Å². The molecular weight excluding hydrogens is 196 g/mol. The molecule has 0 aromatic heterocycles. The average Bonchev–Trinajstić information content (AvgIpc) is 2.22. The van der Waals surface area contributed by atoms with Gasteiger partial charge >= 0.3 is 0 Å². The van der Waals surface area contributed by atoms with Crippen molar-refractivity contribution >= 4 is 5.78 Å². The summed E-state index contributed by atoms with van der Waals surface area (Å²) in [7, 11) is 0. The maximum absolute atomic E-state index is 11.2. The first-order chi connectivity index (χ1) is 6.99. The minimum absolute atomic E-state index is 0.212. The number of hydrogen-bond donors (Lipinski definition) is 3. The van der Waals surface area contributed by atoms with Gasteiger partial charge in [0.05, 0.1) is 6.61 Å². The fourth-order valence-corrected chi connectivity index (χ4v) is 1.55. The van der Waals surface area contributed by atoms with Crippen molar-refractivity contribution in [2.45, 2.75) is 57.7 Å². The number of carbonyl (C=O) groups excluding carboxylic acids is 1. The lowest BCUT2D eigenvalue weighted by molar-refractivity contribution is -0.153. The fourth-order valence-electron chi connectivity index (χ4n) is 1.55. The maximum atomic E-state index is 11.2. The molecule has 0 aromatic rings. The molecular formula is C11H22O4. The van der Waals surface area contributed by atoms with E-state index in [2.05, 4.69) is 6.92 Å². The second-order valence-electron chi connectivity index (χ2n) is 3.99. The molecule has 4 nitrogen and oxygen atoms in total. The number of hydrogen-bond acceptors (Lipinski definition) is 4. The Labute approximate surface area is 90.9 Å². The van der Waals surface area contributed by atoms with Gasteiger partial charge in [-0.05, 0) is 13.3 Å². The highest BCUT2D eigenvalue weighted by molar-refractivity contribution is 5.85. The van der Waals surface area contributed by atoms with Crippen molar-refractivity contribution in [3.05, 3.63) is 0 Å². The molecule has 0 aliphatic heterocycles. The van der Waals surface area contributed by atoms with Gasteiger partial charge in [0.25, 0.3) is 0 Å². The van der Waals surface area contributed by atoms with Gasteiger partial charge in [-0.2, -0.15) is 0 Å². The lowest BCUT2D eigenvalue weighted by Crippen LogP contribution is -2.50. The third-order valence-corrected chi connectivity index (χ3v) is 2.75. The van der Waals surface area contributed by atoms with Crippen molar-refractivity contribution < 1.29 is 20.1 Å². The van der Waals surface area contributed by atoms with E-state index < -0.39 is 24.1 Å². The zero-order chi connectivity index (χ0) is 11.9. The van der Waals surface area contributed by atoms with Crippen molar-refractivity contribution in [1.29, 1.82) is 0 Å². The third kappa shape index (κ3) is 4.28. The van der Waals surface area contributed by atoms with E-state index in [4.69, 9.17) is 5.11 Å². The van der Waals surface area contributed by atoms with Crippen molar-refractivity contribution in [2.75, 3.05) is 6.61 Å². The van der Waals surface area contributed by atoms with E-state index in [0.29, 0.717) is 6.42 Å². The Hall–Kier alpha value is -0.450. The quantitative estimate of drug-likeness (QED) is 0.522. The Kier molecular flexibility index (Phi) is 6.72. The molecule has 0 saturated carbocycles. The largest absolute Gasteiger partial charge is 0.394 e. The lowest BCUT2D eigenvalue weighted by Gasteiger charge is -2.29. The summed E-state index contributed by atoms with van der Waals surface area (Å²) in [5, 5.41) is 28.0. The van der Waals surface area contributed by atoms with Gasteiger partial charge in [0.2, 0.25) is 0 Å². The molecule has 0 aromatic carbocycles. The molecule has 90 valence electrons. The van der Waals surface area contributed by atoms with E-state index in [0.717, 1.165) is 19.3 Å². The van der Waals surface area contributed by atoms with E-state index in [1.54, 1.807) is 0 Å². The van der Waals surface area contributed by atoms with Crippen LogP contribution in [0.5, 0.6) is 0 Å². The molecule has 4 heteroatoms. The Morgan fingerprint density at radius 2 is 1.93 bits per heavy atom. The van der Waals surface area contributed by atoms with Crippen molar-refractivity contribution in [3.8, 4) is 0 Å². The lowest BCUT2D eigenvalue weighted by atomic mass is 9.87. The molecule has 0 heterocycles. The Morgan fingerprint density at radius 3 is 2.33 bits per heavy atom. The van der Waals surface area contributed by atoms with Crippen LogP contribution in [-0.4, -0.2) is 39.4 Å². The van der Waals surface area contributed by atoms with E-state index in [9.17, 15) is 15.0 Å². The Balaban J connectivity index is 4.20. The third-order valence-electron chi connectivity index (χ3n) is 2.75. The van der Waals surface area contributed by atoms with Crippen molar-refractivity contribution in [3.63, 3.8) is 0 Å². The second-order valence-corrected chi connectivity index (χ2v) is 3.99. The summed E-state index contributed by atoms with van der Waals surface area (Å²) in [4.78, 5) is 11.2. The summed E-state index contributed by atoms with van der Waals surface area (Å²) in [5.74, 6) is -0.486. The van der Waals surface area contributed by atoms with Crippen LogP contribution < -0.4 is 0 Å². The molecule has 0 amide bonds. The van der Waals surface area contributed by atoms with Crippen LogP contribution in [0.4, 0.5) is 0 Å². The Bertz CT molecular complexity index is 193. The van der Waals surface area contributed by atoms with Gasteiger partial charge in [-0.1, -0.05) is 32.6 Å². The summed E-state index contributed by atoms with van der Waals surface area (Å²) in [6.45, 7) is 2.71. The zero-order valence-corrected chi connectivity index (χ0v) is 9.57. The first-order valence-electron chi connectivity index (χ1n) is 5.51. The SMILES string of the molecule is CCCCCCC(O)(C(C)=O)C(O)CO. The highest BCUT2D eigenvalue weighted by Gasteiger charge is 2.39. The zero-order valence-electron chi connectivity index (χ0n) is 9.57. The number of unbranched alkanes of at least 4 members (excludes halogenated alkanes) is 3. The summed E-state index contributed by atoms with van der Waals surface area (Å²) in [6, 6.07) is 0. The second kappa shape index (κ2) is 6.93. The molecule has 3 N–H and O–H groups in total. The summed E-state index contributed by atoms with van der Waals surface area (Å²) in [5.41, 5.74) is -1.78. The van der Waals surface area contributed by atoms with E-state index in [-0.39, 0.29) is 6.42 Å². The van der Waals surface area contributed by atoms with E-state index in [1.807, 2.05) is 0 Å². The van der Waals surface area contributed by atoms with Crippen LogP contribution in [-0.2, 0) is 4.79 Å². The van der Waals surface area contributed by atoms with Gasteiger partial charge in [0.1, 0.15) is 6.10 Å². The maximum Gasteiger partial charge on any atom is 0.164 e. The van der Waals surface area contributed by atoms with Crippen LogP contribution in [0.15, 0.2) is 0 Å². The van der Waals surface area contributed by atoms with Gasteiger partial charge in [0.15, 0.2) is 11.4 Å². The highest BCUT2D eigenvalue weighted by atomic mass is 16.4. The van der Waals surface area contributed by atoms with Crippen LogP contribution in [0.2, 0.25) is 0 Å². The predicted molar refractivity (Wildman–Crippen MR) is 57.5 cm³/mol. The number of aliphatic hydroxyl groups is 3. The molecule has 0 aliphatic carbocycles. The molecule has 0 radical (unpaired) electrons. The minimum Gasteiger partial charge on any atom is -0.394 e. The normalized spacial score (nSPS) is 17.1. The summed E-state index contributed by atoms with van der Waals surface area (Å²) < 4.78 is 0. The summed E-state index contributed by atoms with van der Waals surface area (Å²) >= 11 is 0. The number of rotatable bonds is 8. The topological polar surface area (TPSA) is 77.8 Å². The Morgan fingerprint density at radius 1 is 1.33 bits per heavy atom. The monoisotopic (exact) mass is 218 g/mol. The number of aliphatic hydroxyl groups excluding tert-OH is 2. The van der Waals surface area contributed by atoms with Crippen LogP contribution >= 0.6 is 0 Å². The van der Waals surface area contributed by atoms with E-state index >= 15 is 0 Å². The first-order valence-corrected chi connectivity index (χ1v) is 5.51. The van der Waals surface area contributed by atoms with Crippen LogP contribution in [0.1, 0.15) is 46.0 Å². The van der Waals surface area contributed by atoms with Crippen molar-refractivity contribution in [2.24, 2.45) is 0 Å². The fraction of sp³-hybridized carbons (Fsp3) is 0.909. The van der Waals surface area contributed by atoms with Crippen LogP contribution in [0.25, 0.3) is 0 Å².